The van der Waals surface area contributed by atoms with Crippen LogP contribution in [0.25, 0.3) is 0 Å². The van der Waals surface area contributed by atoms with Gasteiger partial charge >= 0.3 is 222 Å². The molecule has 0 spiro atoms. The molecule has 0 aromatic heterocycles. The van der Waals surface area contributed by atoms with Gasteiger partial charge < -0.3 is 0 Å². The van der Waals surface area contributed by atoms with E-state index in [1.165, 1.54) is 26.3 Å². The average Bonchev–Trinajstić information content (AvgIpc) is 3.76. The van der Waals surface area contributed by atoms with Crippen LogP contribution in [0.5, 0.6) is 5.75 Å². The summed E-state index contributed by atoms with van der Waals surface area (Å²) in [5.41, 5.74) is 0.375. The Morgan fingerprint density at radius 2 is 1.80 bits per heavy atom. The minimum atomic E-state index is -2.16. The van der Waals surface area contributed by atoms with Gasteiger partial charge in [-0.05, 0) is 44.9 Å². The molecule has 0 unspecified atom stereocenters. The van der Waals surface area contributed by atoms with Crippen LogP contribution in [0, 0.1) is 17.8 Å². The summed E-state index contributed by atoms with van der Waals surface area (Å²) in [7, 11) is 12.7. The Morgan fingerprint density at radius 3 is 2.33 bits per heavy atom. The van der Waals surface area contributed by atoms with Gasteiger partial charge in [-0.3, -0.25) is 0 Å². The van der Waals surface area contributed by atoms with Crippen LogP contribution in [0.1, 0.15) is 66.9 Å². The van der Waals surface area contributed by atoms with Gasteiger partial charge in [0.05, 0.1) is 0 Å². The zero-order valence-electron chi connectivity index (χ0n) is 27.4. The summed E-state index contributed by atoms with van der Waals surface area (Å²) >= 11 is 0. The van der Waals surface area contributed by atoms with Crippen LogP contribution in [-0.4, -0.2) is 114 Å². The fraction of sp³-hybridized carbons (Fsp3) is 0.618. The number of rotatable bonds is 8. The number of nitrogens with one attached hydrogen (secondary N) is 1. The van der Waals surface area contributed by atoms with Crippen LogP contribution in [0.3, 0.4) is 0 Å². The van der Waals surface area contributed by atoms with Crippen LogP contribution in [0.15, 0.2) is 28.7 Å². The van der Waals surface area contributed by atoms with Crippen LogP contribution in [0.4, 0.5) is 5.69 Å². The molecule has 1 aromatic rings. The number of aromatic hydroxyl groups is 1. The summed E-state index contributed by atoms with van der Waals surface area (Å²) in [6, 6.07) is 0.887. The third kappa shape index (κ3) is 4.76. The normalized spacial score (nSPS) is 28.9. The minimum absolute atomic E-state index is 0.0302. The van der Waals surface area contributed by atoms with Gasteiger partial charge in [0.15, 0.2) is 0 Å². The first-order valence-electron chi connectivity index (χ1n) is 16.2. The van der Waals surface area contributed by atoms with Crippen molar-refractivity contribution in [2.24, 2.45) is 17.8 Å². The third-order valence-corrected chi connectivity index (χ3v) is 11.3. The van der Waals surface area contributed by atoms with Crippen molar-refractivity contribution in [2.45, 2.75) is 75.6 Å². The van der Waals surface area contributed by atoms with E-state index >= 15 is 0 Å². The number of ketones is 1. The number of fused-ring (bicyclic) bond motifs is 3. The molecule has 4 atom stereocenters. The van der Waals surface area contributed by atoms with E-state index < -0.39 is 40.9 Å². The number of Topliss-reactive ketones (excluding diaryl/α,β-unsaturated/α-hetero) is 1. The molecule has 1 amide bonds. The van der Waals surface area contributed by atoms with Crippen LogP contribution in [0.2, 0.25) is 0 Å². The number of hydrogen-bond donors (Lipinski definition) is 5. The number of allylic oxidation sites excluding steroid dienone is 1. The van der Waals surface area contributed by atoms with Gasteiger partial charge in [0.2, 0.25) is 0 Å². The van der Waals surface area contributed by atoms with E-state index in [1.807, 2.05) is 19.0 Å². The van der Waals surface area contributed by atoms with Crippen LogP contribution >= 0.6 is 0 Å². The first-order valence-corrected chi connectivity index (χ1v) is 16.2. The summed E-state index contributed by atoms with van der Waals surface area (Å²) in [4.78, 5) is 33.5. The average molecular weight is 619 g/mol. The zero-order chi connectivity index (χ0) is 32.7. The number of carbonyl (C=O) groups is 2. The Bertz CT molecular complexity index is 1540. The molecule has 10 nitrogen and oxygen atoms in total. The molecule has 1 aromatic carbocycles. The van der Waals surface area contributed by atoms with E-state index in [4.69, 9.17) is 0 Å². The second-order valence-corrected chi connectivity index (χ2v) is 14.7. The summed E-state index contributed by atoms with van der Waals surface area (Å²) in [6.07, 6.45) is 6.62. The number of aliphatic hydroxyl groups excluding tert-OH is 2. The summed E-state index contributed by atoms with van der Waals surface area (Å²) in [5.74, 6) is -2.68. The van der Waals surface area contributed by atoms with Crippen molar-refractivity contribution in [3.8, 4) is 5.75 Å². The number of nitrogens with zero attached hydrogens (tertiary/aromatic N) is 3. The Labute approximate surface area is 266 Å². The molecular formula is C34H47BN4O6. The fourth-order valence-corrected chi connectivity index (χ4v) is 8.62. The third-order valence-electron chi connectivity index (χ3n) is 11.3. The van der Waals surface area contributed by atoms with Crippen LogP contribution in [-0.2, 0) is 17.8 Å². The molecule has 0 aliphatic heterocycles. The Balaban J connectivity index is 1.47. The van der Waals surface area contributed by atoms with Crippen molar-refractivity contribution in [1.29, 1.82) is 0 Å². The molecule has 0 bridgehead atoms. The van der Waals surface area contributed by atoms with Crippen molar-refractivity contribution in [3.05, 3.63) is 45.4 Å². The SMILES string of the molecule is B=C1C(C(=O)NC)=C(O)[C@@H](N(C)C)[C@@H]2C[C@@H]3Cc4c(c(O)cc(CN(CC5CC5)C5(C)CCC5)c4N(C)C)C(=O)C3=C(O)[C@]12O. The van der Waals surface area contributed by atoms with E-state index in [2.05, 4.69) is 24.6 Å². The second-order valence-electron chi connectivity index (χ2n) is 14.7. The van der Waals surface area contributed by atoms with Gasteiger partial charge in [-0.2, -0.15) is 0 Å². The molecule has 0 saturated heterocycles. The summed E-state index contributed by atoms with van der Waals surface area (Å²) < 4.78 is 0. The molecule has 242 valence electrons. The maximum atomic E-state index is 14.3. The molecule has 5 aliphatic carbocycles. The van der Waals surface area contributed by atoms with Gasteiger partial charge in [0, 0.05) is 0 Å². The molecule has 45 heavy (non-hydrogen) atoms. The number of amides is 1. The molecule has 11 heteroatoms. The van der Waals surface area contributed by atoms with E-state index in [-0.39, 0.29) is 45.6 Å². The van der Waals surface area contributed by atoms with Crippen molar-refractivity contribution in [3.63, 3.8) is 0 Å². The van der Waals surface area contributed by atoms with Gasteiger partial charge in [-0.25, -0.2) is 0 Å². The van der Waals surface area contributed by atoms with Gasteiger partial charge in [0.25, 0.3) is 0 Å². The number of likely N-dealkylation sites (N-methyl/N-ethyl adjacent to an activating group) is 2. The predicted molar refractivity (Wildman–Crippen MR) is 175 cm³/mol. The summed E-state index contributed by atoms with van der Waals surface area (Å²) in [6.45, 7) is 4.02. The Morgan fingerprint density at radius 1 is 1.13 bits per heavy atom. The molecule has 6 rings (SSSR count). The quantitative estimate of drug-likeness (QED) is 0.278. The van der Waals surface area contributed by atoms with E-state index in [0.717, 1.165) is 36.2 Å². The number of aliphatic hydroxyl groups is 3. The van der Waals surface area contributed by atoms with Crippen molar-refractivity contribution in [2.75, 3.05) is 46.7 Å². The topological polar surface area (TPSA) is 137 Å². The monoisotopic (exact) mass is 618 g/mol. The van der Waals surface area contributed by atoms with E-state index in [1.54, 1.807) is 25.1 Å². The number of carbonyl (C=O) groups excluding carboxylic acids is 2. The Kier molecular flexibility index (Phi) is 7.77. The number of benzene rings is 1. The molecule has 0 radical (unpaired) electrons. The summed E-state index contributed by atoms with van der Waals surface area (Å²) in [5, 5.41) is 49.4. The molecule has 2 fully saturated rings. The zero-order valence-corrected chi connectivity index (χ0v) is 27.4. The number of phenols is 1. The van der Waals surface area contributed by atoms with Gasteiger partial charge in [0.1, 0.15) is 0 Å². The van der Waals surface area contributed by atoms with Crippen LogP contribution < -0.4 is 10.2 Å². The number of phenolic OH excluding ortho intramolecular Hbond substituents is 1. The van der Waals surface area contributed by atoms with E-state index in [0.29, 0.717) is 18.9 Å². The maximum absolute atomic E-state index is 14.3. The fourth-order valence-electron chi connectivity index (χ4n) is 8.62. The van der Waals surface area contributed by atoms with Gasteiger partial charge in [-0.1, -0.05) is 0 Å². The van der Waals surface area contributed by atoms with Gasteiger partial charge in [-0.15, -0.1) is 0 Å². The predicted octanol–water partition coefficient (Wildman–Crippen LogP) is 2.11. The number of anilines is 1. The van der Waals surface area contributed by atoms with Crippen molar-refractivity contribution in [1.82, 2.24) is 15.1 Å². The molecule has 0 heterocycles. The molecule has 5 N–H and O–H groups in total. The van der Waals surface area contributed by atoms with Crippen molar-refractivity contribution < 1.29 is 30.0 Å². The standard InChI is InChI=1S/C34H47BN4O6/c1-33(10-7-11-33)39(15-17-8-9-17)16-19-14-22(40)24-20(26(19)37(3)4)12-18-13-21-27(38(5)6)29(42)25(32(44)36-2)30(35)34(21,45)31(43)23(18)28(24)41/h14,17-18,21,27,35,40,42-43,45H,7-13,15-16H2,1-6H3,(H,36,44)/t18-,21-,27-,34+/m0/s1. The van der Waals surface area contributed by atoms with Crippen molar-refractivity contribution >= 4 is 30.3 Å². The molecular weight excluding hydrogens is 571 g/mol. The number of hydrogen-bond acceptors (Lipinski definition) is 9. The first-order chi connectivity index (χ1) is 21.1. The van der Waals surface area contributed by atoms with E-state index in [9.17, 15) is 30.0 Å². The Hall–Kier alpha value is -3.15. The second kappa shape index (κ2) is 11.0. The molecule has 5 aliphatic rings. The molecule has 2 saturated carbocycles. The first kappa shape index (κ1) is 31.8.